The summed E-state index contributed by atoms with van der Waals surface area (Å²) in [6.07, 6.45) is 11.1. The highest BCUT2D eigenvalue weighted by atomic mass is 16.5. The lowest BCUT2D eigenvalue weighted by Gasteiger charge is -2.02. The van der Waals surface area contributed by atoms with E-state index in [1.165, 1.54) is 25.7 Å². The maximum Gasteiger partial charge on any atom is 0.306 e. The molecule has 0 saturated heterocycles. The number of rotatable bonds is 12. The highest BCUT2D eigenvalue weighted by Crippen LogP contribution is 2.09. The Labute approximate surface area is 105 Å². The van der Waals surface area contributed by atoms with E-state index in [0.717, 1.165) is 25.7 Å². The number of ether oxygens (including phenoxy) is 1. The number of carbonyl (C=O) groups excluding carboxylic acids is 1. The van der Waals surface area contributed by atoms with Gasteiger partial charge >= 0.3 is 5.97 Å². The summed E-state index contributed by atoms with van der Waals surface area (Å²) in [6.45, 7) is 4.13. The van der Waals surface area contributed by atoms with E-state index in [0.29, 0.717) is 19.6 Å². The van der Waals surface area contributed by atoms with Gasteiger partial charge in [-0.2, -0.15) is 0 Å². The SMILES string of the molecule is C=CCOC(=O)CCCCCCCCCCO. The van der Waals surface area contributed by atoms with Gasteiger partial charge in [-0.25, -0.2) is 0 Å². The van der Waals surface area contributed by atoms with Crippen molar-refractivity contribution in [3.8, 4) is 0 Å². The van der Waals surface area contributed by atoms with Crippen molar-refractivity contribution in [3.05, 3.63) is 12.7 Å². The maximum absolute atomic E-state index is 11.1. The number of carbonyl (C=O) groups is 1. The highest BCUT2D eigenvalue weighted by molar-refractivity contribution is 5.69. The van der Waals surface area contributed by atoms with Crippen LogP contribution in [-0.2, 0) is 9.53 Å². The molecule has 0 saturated carbocycles. The van der Waals surface area contributed by atoms with Gasteiger partial charge in [-0.1, -0.05) is 51.2 Å². The molecule has 0 fully saturated rings. The monoisotopic (exact) mass is 242 g/mol. The summed E-state index contributed by atoms with van der Waals surface area (Å²) in [4.78, 5) is 11.1. The van der Waals surface area contributed by atoms with Crippen LogP contribution in [0.3, 0.4) is 0 Å². The van der Waals surface area contributed by atoms with Crippen molar-refractivity contribution in [2.24, 2.45) is 0 Å². The van der Waals surface area contributed by atoms with Crippen molar-refractivity contribution in [1.82, 2.24) is 0 Å². The molecule has 0 bridgehead atoms. The first-order valence-electron chi connectivity index (χ1n) is 6.68. The summed E-state index contributed by atoms with van der Waals surface area (Å²) in [6, 6.07) is 0. The summed E-state index contributed by atoms with van der Waals surface area (Å²) in [7, 11) is 0. The smallest absolute Gasteiger partial charge is 0.306 e. The van der Waals surface area contributed by atoms with Crippen molar-refractivity contribution < 1.29 is 14.6 Å². The van der Waals surface area contributed by atoms with Gasteiger partial charge in [0, 0.05) is 13.0 Å². The fraction of sp³-hybridized carbons (Fsp3) is 0.786. The normalized spacial score (nSPS) is 10.2. The van der Waals surface area contributed by atoms with E-state index in [-0.39, 0.29) is 5.97 Å². The van der Waals surface area contributed by atoms with Crippen LogP contribution in [0.4, 0.5) is 0 Å². The lowest BCUT2D eigenvalue weighted by molar-refractivity contribution is -0.142. The second kappa shape index (κ2) is 13.2. The Hall–Kier alpha value is -0.830. The van der Waals surface area contributed by atoms with Gasteiger partial charge in [-0.3, -0.25) is 4.79 Å². The topological polar surface area (TPSA) is 46.5 Å². The number of hydrogen-bond donors (Lipinski definition) is 1. The predicted molar refractivity (Wildman–Crippen MR) is 69.8 cm³/mol. The van der Waals surface area contributed by atoms with Crippen molar-refractivity contribution in [2.75, 3.05) is 13.2 Å². The molecule has 0 radical (unpaired) electrons. The third-order valence-electron chi connectivity index (χ3n) is 2.65. The molecular weight excluding hydrogens is 216 g/mol. The van der Waals surface area contributed by atoms with Gasteiger partial charge in [0.05, 0.1) is 0 Å². The van der Waals surface area contributed by atoms with E-state index >= 15 is 0 Å². The van der Waals surface area contributed by atoms with E-state index in [4.69, 9.17) is 9.84 Å². The van der Waals surface area contributed by atoms with Crippen LogP contribution < -0.4 is 0 Å². The van der Waals surface area contributed by atoms with Crippen molar-refractivity contribution in [2.45, 2.75) is 57.8 Å². The van der Waals surface area contributed by atoms with Gasteiger partial charge in [0.2, 0.25) is 0 Å². The minimum Gasteiger partial charge on any atom is -0.461 e. The van der Waals surface area contributed by atoms with Crippen LogP contribution in [0.25, 0.3) is 0 Å². The standard InChI is InChI=1S/C14H26O3/c1-2-13-17-14(16)11-9-7-5-3-4-6-8-10-12-15/h2,15H,1,3-13H2. The molecule has 0 aliphatic carbocycles. The lowest BCUT2D eigenvalue weighted by atomic mass is 10.1. The van der Waals surface area contributed by atoms with Crippen LogP contribution >= 0.6 is 0 Å². The van der Waals surface area contributed by atoms with Crippen LogP contribution in [0, 0.1) is 0 Å². The number of aliphatic hydroxyl groups excluding tert-OH is 1. The molecule has 0 amide bonds. The number of hydrogen-bond acceptors (Lipinski definition) is 3. The average molecular weight is 242 g/mol. The Balaban J connectivity index is 3.07. The summed E-state index contributed by atoms with van der Waals surface area (Å²) >= 11 is 0. The quantitative estimate of drug-likeness (QED) is 0.325. The average Bonchev–Trinajstić information content (AvgIpc) is 2.34. The molecule has 3 heteroatoms. The molecule has 0 rings (SSSR count). The van der Waals surface area contributed by atoms with Crippen LogP contribution in [0.1, 0.15) is 57.8 Å². The molecule has 100 valence electrons. The first kappa shape index (κ1) is 16.2. The molecule has 0 aliphatic heterocycles. The first-order chi connectivity index (χ1) is 8.31. The molecule has 0 aliphatic rings. The number of unbranched alkanes of at least 4 members (excludes halogenated alkanes) is 7. The molecule has 0 aromatic heterocycles. The zero-order valence-corrected chi connectivity index (χ0v) is 10.8. The highest BCUT2D eigenvalue weighted by Gasteiger charge is 2.00. The van der Waals surface area contributed by atoms with Gasteiger partial charge in [0.15, 0.2) is 0 Å². The Morgan fingerprint density at radius 1 is 1.00 bits per heavy atom. The van der Waals surface area contributed by atoms with Gasteiger partial charge < -0.3 is 9.84 Å². The van der Waals surface area contributed by atoms with E-state index in [9.17, 15) is 4.79 Å². The maximum atomic E-state index is 11.1. The van der Waals surface area contributed by atoms with E-state index in [2.05, 4.69) is 6.58 Å². The number of esters is 1. The molecule has 0 aromatic carbocycles. The Kier molecular flexibility index (Phi) is 12.6. The van der Waals surface area contributed by atoms with Crippen molar-refractivity contribution >= 4 is 5.97 Å². The Morgan fingerprint density at radius 3 is 2.06 bits per heavy atom. The molecule has 1 N–H and O–H groups in total. The second-order valence-electron chi connectivity index (χ2n) is 4.27. The predicted octanol–water partition coefficient (Wildman–Crippen LogP) is 3.22. The molecule has 0 heterocycles. The molecular formula is C14H26O3. The Morgan fingerprint density at radius 2 is 1.53 bits per heavy atom. The first-order valence-corrected chi connectivity index (χ1v) is 6.68. The number of aliphatic hydroxyl groups is 1. The van der Waals surface area contributed by atoms with Gasteiger partial charge in [-0.15, -0.1) is 0 Å². The minimum atomic E-state index is -0.118. The van der Waals surface area contributed by atoms with E-state index < -0.39 is 0 Å². The zero-order valence-electron chi connectivity index (χ0n) is 10.8. The van der Waals surface area contributed by atoms with Crippen LogP contribution in [-0.4, -0.2) is 24.3 Å². The van der Waals surface area contributed by atoms with Gasteiger partial charge in [0.1, 0.15) is 6.61 Å². The lowest BCUT2D eigenvalue weighted by Crippen LogP contribution is -2.03. The molecule has 0 unspecified atom stereocenters. The Bertz CT molecular complexity index is 190. The fourth-order valence-corrected chi connectivity index (χ4v) is 1.67. The van der Waals surface area contributed by atoms with E-state index in [1.807, 2.05) is 0 Å². The third-order valence-corrected chi connectivity index (χ3v) is 2.65. The van der Waals surface area contributed by atoms with Crippen molar-refractivity contribution in [1.29, 1.82) is 0 Å². The van der Waals surface area contributed by atoms with Gasteiger partial charge in [-0.05, 0) is 12.8 Å². The van der Waals surface area contributed by atoms with Crippen molar-refractivity contribution in [3.63, 3.8) is 0 Å². The molecule has 17 heavy (non-hydrogen) atoms. The second-order valence-corrected chi connectivity index (χ2v) is 4.27. The molecule has 0 aromatic rings. The third kappa shape index (κ3) is 13.1. The summed E-state index contributed by atoms with van der Waals surface area (Å²) in [5.74, 6) is -0.118. The molecule has 0 spiro atoms. The zero-order chi connectivity index (χ0) is 12.8. The largest absolute Gasteiger partial charge is 0.461 e. The molecule has 0 atom stereocenters. The summed E-state index contributed by atoms with van der Waals surface area (Å²) < 4.78 is 4.88. The summed E-state index contributed by atoms with van der Waals surface area (Å²) in [5, 5.41) is 8.60. The fourth-order valence-electron chi connectivity index (χ4n) is 1.67. The summed E-state index contributed by atoms with van der Waals surface area (Å²) in [5.41, 5.74) is 0. The van der Waals surface area contributed by atoms with Gasteiger partial charge in [0.25, 0.3) is 0 Å². The van der Waals surface area contributed by atoms with E-state index in [1.54, 1.807) is 6.08 Å². The van der Waals surface area contributed by atoms with Crippen LogP contribution in [0.15, 0.2) is 12.7 Å². The molecule has 3 nitrogen and oxygen atoms in total. The van der Waals surface area contributed by atoms with Crippen LogP contribution in [0.2, 0.25) is 0 Å². The van der Waals surface area contributed by atoms with Crippen LogP contribution in [0.5, 0.6) is 0 Å². The minimum absolute atomic E-state index is 0.118.